The zero-order valence-corrected chi connectivity index (χ0v) is 34.7. The van der Waals surface area contributed by atoms with Crippen molar-refractivity contribution in [1.29, 1.82) is 0 Å². The molecule has 0 amide bonds. The number of halogens is 1. The van der Waals surface area contributed by atoms with Gasteiger partial charge in [-0.25, -0.2) is 9.78 Å². The minimum absolute atomic E-state index is 0.292. The number of carbonyl (C=O) groups excluding carboxylic acids is 1. The van der Waals surface area contributed by atoms with Gasteiger partial charge in [-0.05, 0) is 84.3 Å². The average Bonchev–Trinajstić information content (AvgIpc) is 3.42. The fourth-order valence-electron chi connectivity index (χ4n) is 7.94. The lowest BCUT2D eigenvalue weighted by Gasteiger charge is -2.39. The second-order valence-electron chi connectivity index (χ2n) is 17.1. The number of piperazine rings is 1. The first-order valence-corrected chi connectivity index (χ1v) is 23.5. The van der Waals surface area contributed by atoms with E-state index in [9.17, 15) is 4.79 Å². The molecule has 1 aliphatic carbocycles. The van der Waals surface area contributed by atoms with Crippen LogP contribution in [0.5, 0.6) is 0 Å². The number of nitrogens with zero attached hydrogens (tertiary/aromatic N) is 5. The van der Waals surface area contributed by atoms with Gasteiger partial charge in [-0.1, -0.05) is 62.8 Å². The summed E-state index contributed by atoms with van der Waals surface area (Å²) in [5.74, 6) is -0.357. The summed E-state index contributed by atoms with van der Waals surface area (Å²) in [6.07, 6.45) is 5.47. The van der Waals surface area contributed by atoms with Crippen molar-refractivity contribution in [2.24, 2.45) is 5.41 Å². The van der Waals surface area contributed by atoms with E-state index in [1.165, 1.54) is 24.7 Å². The third-order valence-electron chi connectivity index (χ3n) is 11.2. The molecule has 1 saturated heterocycles. The highest BCUT2D eigenvalue weighted by Gasteiger charge is 2.30. The van der Waals surface area contributed by atoms with Gasteiger partial charge >= 0.3 is 5.97 Å². The van der Waals surface area contributed by atoms with Crippen LogP contribution in [0.2, 0.25) is 30.7 Å². The number of rotatable bonds is 11. The number of esters is 1. The Morgan fingerprint density at radius 1 is 0.981 bits per heavy atom. The number of anilines is 3. The molecule has 9 nitrogen and oxygen atoms in total. The van der Waals surface area contributed by atoms with E-state index >= 15 is 0 Å². The van der Waals surface area contributed by atoms with Crippen LogP contribution in [0.1, 0.15) is 54.7 Å². The summed E-state index contributed by atoms with van der Waals surface area (Å²) in [6.45, 7) is 19.3. The smallest absolute Gasteiger partial charge is 0.339 e. The summed E-state index contributed by atoms with van der Waals surface area (Å²) >= 11 is 6.26. The minimum atomic E-state index is -1.17. The molecule has 54 heavy (non-hydrogen) atoms. The number of pyridine rings is 1. The Balaban J connectivity index is 1.11. The van der Waals surface area contributed by atoms with Crippen LogP contribution in [0.4, 0.5) is 17.1 Å². The van der Waals surface area contributed by atoms with E-state index in [2.05, 4.69) is 89.2 Å². The average molecular weight is 770 g/mol. The molecule has 0 unspecified atom stereocenters. The maximum atomic E-state index is 13.2. The highest BCUT2D eigenvalue weighted by molar-refractivity contribution is 6.76. The van der Waals surface area contributed by atoms with E-state index in [0.29, 0.717) is 37.5 Å². The van der Waals surface area contributed by atoms with Crippen LogP contribution in [-0.2, 0) is 27.5 Å². The summed E-state index contributed by atoms with van der Waals surface area (Å²) in [7, 11) is 0.270. The third-order valence-corrected chi connectivity index (χ3v) is 13.2. The second-order valence-corrected chi connectivity index (χ2v) is 23.1. The summed E-state index contributed by atoms with van der Waals surface area (Å²) < 4.78 is 19.5. The van der Waals surface area contributed by atoms with Crippen LogP contribution in [0, 0.1) is 5.41 Å². The van der Waals surface area contributed by atoms with Crippen molar-refractivity contribution in [3.63, 3.8) is 0 Å². The molecular formula is C43H56ClN5O4Si. The monoisotopic (exact) mass is 769 g/mol. The Labute approximate surface area is 326 Å². The number of fused-ring (bicyclic) bond motifs is 2. The molecular weight excluding hydrogens is 714 g/mol. The molecule has 0 spiro atoms. The molecule has 2 aliphatic heterocycles. The molecule has 2 aromatic carbocycles. The summed E-state index contributed by atoms with van der Waals surface area (Å²) in [6, 6.07) is 19.9. The van der Waals surface area contributed by atoms with E-state index < -0.39 is 8.07 Å². The number of ether oxygens (including phenoxy) is 3. The number of aromatic nitrogens is 2. The number of carbonyl (C=O) groups is 1. The fraction of sp³-hybridized carbons (Fsp3) is 0.488. The lowest BCUT2D eigenvalue weighted by atomic mass is 9.72. The van der Waals surface area contributed by atoms with Gasteiger partial charge < -0.3 is 28.6 Å². The molecule has 0 bridgehead atoms. The Morgan fingerprint density at radius 3 is 2.50 bits per heavy atom. The van der Waals surface area contributed by atoms with Gasteiger partial charge in [0.2, 0.25) is 0 Å². The van der Waals surface area contributed by atoms with Crippen LogP contribution >= 0.6 is 11.6 Å². The molecule has 0 N–H and O–H groups in total. The number of methoxy groups -OCH3 is 1. The Hall–Kier alpha value is -3.67. The first-order chi connectivity index (χ1) is 25.9. The van der Waals surface area contributed by atoms with Gasteiger partial charge in [0.15, 0.2) is 0 Å². The minimum Gasteiger partial charge on any atom is -0.465 e. The molecule has 0 radical (unpaired) electrons. The van der Waals surface area contributed by atoms with Crippen LogP contribution in [0.15, 0.2) is 66.4 Å². The lowest BCUT2D eigenvalue weighted by molar-refractivity contribution is 0.0601. The van der Waals surface area contributed by atoms with Crippen LogP contribution in [-0.4, -0.2) is 88.1 Å². The zero-order chi connectivity index (χ0) is 38.0. The van der Waals surface area contributed by atoms with Gasteiger partial charge in [0.25, 0.3) is 0 Å². The maximum Gasteiger partial charge on any atom is 0.339 e. The standard InChI is InChI=1S/C43H56ClN5O4Si/c1-43(2)15-13-33(37(27-43)31-7-9-34(44)10-8-31)28-46-17-19-47(20-18-46)35-11-12-36(42(50)51-3)39(26-35)49-21-22-52-29-38-40(49)25-32-14-16-48(41(32)45-38)30-53-23-24-54(4,5)6/h7-12,14,16,25-26H,13,15,17-24,27-30H2,1-6H3. The quantitative estimate of drug-likeness (QED) is 0.0850. The van der Waals surface area contributed by atoms with Crippen molar-refractivity contribution < 1.29 is 19.0 Å². The number of hydrogen-bond donors (Lipinski definition) is 0. The topological polar surface area (TPSA) is 72.3 Å². The van der Waals surface area contributed by atoms with Crippen molar-refractivity contribution in [1.82, 2.24) is 14.5 Å². The zero-order valence-electron chi connectivity index (χ0n) is 32.9. The second kappa shape index (κ2) is 16.2. The van der Waals surface area contributed by atoms with Crippen molar-refractivity contribution in [3.8, 4) is 0 Å². The van der Waals surface area contributed by atoms with E-state index in [0.717, 1.165) is 97.0 Å². The van der Waals surface area contributed by atoms with Gasteiger partial charge in [0.05, 0.1) is 43.0 Å². The Kier molecular flexibility index (Phi) is 11.6. The van der Waals surface area contributed by atoms with E-state index in [1.54, 1.807) is 5.57 Å². The predicted molar refractivity (Wildman–Crippen MR) is 223 cm³/mol. The maximum absolute atomic E-state index is 13.2. The molecule has 4 aromatic rings. The molecule has 11 heteroatoms. The van der Waals surface area contributed by atoms with Gasteiger partial charge in [-0.2, -0.15) is 0 Å². The van der Waals surface area contributed by atoms with E-state index in [4.69, 9.17) is 30.8 Å². The van der Waals surface area contributed by atoms with Crippen molar-refractivity contribution in [3.05, 3.63) is 88.2 Å². The molecule has 0 saturated carbocycles. The molecule has 0 atom stereocenters. The van der Waals surface area contributed by atoms with Crippen molar-refractivity contribution in [2.45, 2.75) is 72.1 Å². The summed E-state index contributed by atoms with van der Waals surface area (Å²) in [5.41, 5.74) is 9.75. The first-order valence-electron chi connectivity index (χ1n) is 19.5. The highest BCUT2D eigenvalue weighted by Crippen LogP contribution is 2.44. The van der Waals surface area contributed by atoms with Crippen molar-refractivity contribution >= 4 is 59.3 Å². The largest absolute Gasteiger partial charge is 0.465 e. The lowest BCUT2D eigenvalue weighted by Crippen LogP contribution is -2.47. The SMILES string of the molecule is COC(=O)c1ccc(N2CCN(CC3=C(c4ccc(Cl)cc4)CC(C)(C)CC3)CC2)cc1N1CCOCc2nc3c(ccn3COCC[Si](C)(C)C)cc21. The van der Waals surface area contributed by atoms with E-state index in [1.807, 2.05) is 24.4 Å². The molecule has 4 heterocycles. The molecule has 7 rings (SSSR count). The molecule has 3 aliphatic rings. The van der Waals surface area contributed by atoms with Crippen molar-refractivity contribution in [2.75, 3.05) is 69.4 Å². The summed E-state index contributed by atoms with van der Waals surface area (Å²) in [5, 5.41) is 1.80. The Bertz CT molecular complexity index is 2000. The van der Waals surface area contributed by atoms with Crippen LogP contribution in [0.3, 0.4) is 0 Å². The summed E-state index contributed by atoms with van der Waals surface area (Å²) in [4.78, 5) is 25.6. The molecule has 2 aromatic heterocycles. The Morgan fingerprint density at radius 2 is 1.76 bits per heavy atom. The number of hydrogen-bond acceptors (Lipinski definition) is 8. The normalized spacial score (nSPS) is 18.2. The van der Waals surface area contributed by atoms with Gasteiger partial charge in [0.1, 0.15) is 12.4 Å². The molecule has 1 fully saturated rings. The fourth-order valence-corrected chi connectivity index (χ4v) is 8.82. The molecule has 288 valence electrons. The predicted octanol–water partition coefficient (Wildman–Crippen LogP) is 9.24. The number of benzene rings is 2. The van der Waals surface area contributed by atoms with Gasteiger partial charge in [0, 0.05) is 76.2 Å². The van der Waals surface area contributed by atoms with Gasteiger partial charge in [-0.3, -0.25) is 4.90 Å². The first kappa shape index (κ1) is 38.6. The number of allylic oxidation sites excluding steroid dienone is 1. The van der Waals surface area contributed by atoms with E-state index in [-0.39, 0.29) is 5.97 Å². The van der Waals surface area contributed by atoms with Crippen LogP contribution in [0.25, 0.3) is 16.6 Å². The van der Waals surface area contributed by atoms with Gasteiger partial charge in [-0.15, -0.1) is 0 Å². The third kappa shape index (κ3) is 8.89. The highest BCUT2D eigenvalue weighted by atomic mass is 35.5. The van der Waals surface area contributed by atoms with Crippen LogP contribution < -0.4 is 9.80 Å².